The zero-order valence-corrected chi connectivity index (χ0v) is 13.2. The molecule has 0 spiro atoms. The van der Waals surface area contributed by atoms with Gasteiger partial charge in [-0.2, -0.15) is 0 Å². The molecule has 8 heteroatoms. The van der Waals surface area contributed by atoms with Gasteiger partial charge in [0.1, 0.15) is 6.54 Å². The Bertz CT molecular complexity index is 794. The standard InChI is InChI=1S/C16H15N5O3/c1-9-7-10(2)18-16(17-9)20-19-13(22)8-21-14(23)11-5-3-4-6-12(11)15(21)24/h3-7H,8H2,1-2H3,(H,19,22)(H,17,18,20). The Morgan fingerprint density at radius 1 is 1.04 bits per heavy atom. The Hall–Kier alpha value is -3.29. The van der Waals surface area contributed by atoms with E-state index in [9.17, 15) is 14.4 Å². The molecule has 0 saturated carbocycles. The number of nitrogens with zero attached hydrogens (tertiary/aromatic N) is 3. The van der Waals surface area contributed by atoms with Crippen LogP contribution in [0.4, 0.5) is 5.95 Å². The summed E-state index contributed by atoms with van der Waals surface area (Å²) in [6.07, 6.45) is 0. The lowest BCUT2D eigenvalue weighted by Gasteiger charge is -2.14. The smallest absolute Gasteiger partial charge is 0.262 e. The Kier molecular flexibility index (Phi) is 3.95. The molecule has 3 rings (SSSR count). The minimum atomic E-state index is -0.549. The summed E-state index contributed by atoms with van der Waals surface area (Å²) < 4.78 is 0. The Labute approximate surface area is 137 Å². The summed E-state index contributed by atoms with van der Waals surface area (Å²) in [5.41, 5.74) is 7.08. The molecule has 0 fully saturated rings. The third-order valence-corrected chi connectivity index (χ3v) is 3.48. The van der Waals surface area contributed by atoms with Crippen LogP contribution in [0.25, 0.3) is 0 Å². The number of fused-ring (bicyclic) bond motifs is 1. The van der Waals surface area contributed by atoms with Crippen LogP contribution in [0.2, 0.25) is 0 Å². The number of hydrogen-bond donors (Lipinski definition) is 2. The van der Waals surface area contributed by atoms with Gasteiger partial charge < -0.3 is 0 Å². The highest BCUT2D eigenvalue weighted by atomic mass is 16.2. The number of nitrogens with one attached hydrogen (secondary N) is 2. The average Bonchev–Trinajstić information content (AvgIpc) is 2.78. The Morgan fingerprint density at radius 2 is 1.58 bits per heavy atom. The van der Waals surface area contributed by atoms with Crippen LogP contribution in [-0.2, 0) is 4.79 Å². The molecule has 0 atom stereocenters. The monoisotopic (exact) mass is 325 g/mol. The third kappa shape index (κ3) is 2.94. The van der Waals surface area contributed by atoms with Crippen molar-refractivity contribution < 1.29 is 14.4 Å². The Morgan fingerprint density at radius 3 is 2.12 bits per heavy atom. The Balaban J connectivity index is 1.64. The first-order valence-corrected chi connectivity index (χ1v) is 7.28. The van der Waals surface area contributed by atoms with Crippen LogP contribution < -0.4 is 10.9 Å². The maximum absolute atomic E-state index is 12.2. The van der Waals surface area contributed by atoms with Crippen LogP contribution in [0.5, 0.6) is 0 Å². The minimum Gasteiger partial charge on any atom is -0.271 e. The second kappa shape index (κ2) is 6.07. The first-order valence-electron chi connectivity index (χ1n) is 7.28. The van der Waals surface area contributed by atoms with E-state index < -0.39 is 17.7 Å². The quantitative estimate of drug-likeness (QED) is 0.637. The molecule has 8 nitrogen and oxygen atoms in total. The number of hydrogen-bond acceptors (Lipinski definition) is 6. The van der Waals surface area contributed by atoms with E-state index in [-0.39, 0.29) is 12.5 Å². The van der Waals surface area contributed by atoms with E-state index in [1.807, 2.05) is 0 Å². The molecular formula is C16H15N5O3. The number of benzene rings is 1. The summed E-state index contributed by atoms with van der Waals surface area (Å²) >= 11 is 0. The third-order valence-electron chi connectivity index (χ3n) is 3.48. The topological polar surface area (TPSA) is 104 Å². The van der Waals surface area contributed by atoms with Crippen LogP contribution >= 0.6 is 0 Å². The first-order chi connectivity index (χ1) is 11.5. The van der Waals surface area contributed by atoms with E-state index >= 15 is 0 Å². The van der Waals surface area contributed by atoms with Crippen LogP contribution in [0, 0.1) is 13.8 Å². The molecule has 0 radical (unpaired) electrons. The fourth-order valence-corrected chi connectivity index (χ4v) is 2.47. The first kappa shape index (κ1) is 15.6. The van der Waals surface area contributed by atoms with Gasteiger partial charge in [0.05, 0.1) is 11.1 Å². The molecule has 0 aliphatic carbocycles. The van der Waals surface area contributed by atoms with Gasteiger partial charge in [-0.3, -0.25) is 30.1 Å². The molecule has 122 valence electrons. The lowest BCUT2D eigenvalue weighted by molar-refractivity contribution is -0.120. The van der Waals surface area contributed by atoms with Gasteiger partial charge in [0.2, 0.25) is 5.95 Å². The van der Waals surface area contributed by atoms with Crippen molar-refractivity contribution in [1.82, 2.24) is 20.3 Å². The molecule has 2 N–H and O–H groups in total. The van der Waals surface area contributed by atoms with Crippen molar-refractivity contribution in [2.24, 2.45) is 0 Å². The molecular weight excluding hydrogens is 310 g/mol. The highest BCUT2D eigenvalue weighted by Gasteiger charge is 2.36. The number of rotatable bonds is 4. The maximum atomic E-state index is 12.2. The van der Waals surface area contributed by atoms with Gasteiger partial charge in [-0.1, -0.05) is 12.1 Å². The molecule has 2 aromatic rings. The molecule has 3 amide bonds. The number of anilines is 1. The molecule has 0 bridgehead atoms. The predicted octanol–water partition coefficient (Wildman–Crippen LogP) is 0.833. The number of amides is 3. The molecule has 0 saturated heterocycles. The van der Waals surface area contributed by atoms with Gasteiger partial charge in [-0.25, -0.2) is 9.97 Å². The SMILES string of the molecule is Cc1cc(C)nc(NNC(=O)CN2C(=O)c3ccccc3C2=O)n1. The summed E-state index contributed by atoms with van der Waals surface area (Å²) in [4.78, 5) is 45.5. The number of aryl methyl sites for hydroxylation is 2. The largest absolute Gasteiger partial charge is 0.271 e. The molecule has 1 aliphatic rings. The predicted molar refractivity (Wildman–Crippen MR) is 85.1 cm³/mol. The second-order valence-electron chi connectivity index (χ2n) is 5.39. The summed E-state index contributed by atoms with van der Waals surface area (Å²) in [5.74, 6) is -1.27. The zero-order chi connectivity index (χ0) is 17.3. The van der Waals surface area contributed by atoms with Crippen molar-refractivity contribution in [1.29, 1.82) is 0 Å². The zero-order valence-electron chi connectivity index (χ0n) is 13.2. The maximum Gasteiger partial charge on any atom is 0.262 e. The number of aromatic nitrogens is 2. The van der Waals surface area contributed by atoms with Crippen molar-refractivity contribution in [3.8, 4) is 0 Å². The van der Waals surface area contributed by atoms with E-state index in [1.165, 1.54) is 0 Å². The van der Waals surface area contributed by atoms with E-state index in [0.717, 1.165) is 16.3 Å². The van der Waals surface area contributed by atoms with E-state index in [0.29, 0.717) is 11.1 Å². The van der Waals surface area contributed by atoms with Gasteiger partial charge >= 0.3 is 0 Å². The number of carbonyl (C=O) groups excluding carboxylic acids is 3. The normalized spacial score (nSPS) is 13.0. The molecule has 2 heterocycles. The van der Waals surface area contributed by atoms with Crippen LogP contribution in [0.15, 0.2) is 30.3 Å². The van der Waals surface area contributed by atoms with Gasteiger partial charge in [-0.05, 0) is 32.0 Å². The second-order valence-corrected chi connectivity index (χ2v) is 5.39. The van der Waals surface area contributed by atoms with Gasteiger partial charge in [-0.15, -0.1) is 0 Å². The highest BCUT2D eigenvalue weighted by molar-refractivity contribution is 6.22. The minimum absolute atomic E-state index is 0.239. The molecule has 1 aromatic heterocycles. The highest BCUT2D eigenvalue weighted by Crippen LogP contribution is 2.21. The fraction of sp³-hybridized carbons (Fsp3) is 0.188. The summed E-state index contributed by atoms with van der Waals surface area (Å²) in [6, 6.07) is 8.27. The molecule has 24 heavy (non-hydrogen) atoms. The summed E-state index contributed by atoms with van der Waals surface area (Å²) in [7, 11) is 0. The molecule has 1 aliphatic heterocycles. The van der Waals surface area contributed by atoms with Crippen molar-refractivity contribution in [2.75, 3.05) is 12.0 Å². The van der Waals surface area contributed by atoms with Crippen molar-refractivity contribution in [3.63, 3.8) is 0 Å². The van der Waals surface area contributed by atoms with Gasteiger partial charge in [0.25, 0.3) is 17.7 Å². The number of hydrazine groups is 1. The summed E-state index contributed by atoms with van der Waals surface area (Å²) in [5, 5.41) is 0. The van der Waals surface area contributed by atoms with E-state index in [1.54, 1.807) is 44.2 Å². The van der Waals surface area contributed by atoms with Crippen molar-refractivity contribution in [2.45, 2.75) is 13.8 Å². The number of imide groups is 1. The van der Waals surface area contributed by atoms with Crippen LogP contribution in [0.1, 0.15) is 32.1 Å². The van der Waals surface area contributed by atoms with Crippen LogP contribution in [0.3, 0.4) is 0 Å². The molecule has 1 aromatic carbocycles. The lowest BCUT2D eigenvalue weighted by Crippen LogP contribution is -2.42. The fourth-order valence-electron chi connectivity index (χ4n) is 2.47. The van der Waals surface area contributed by atoms with Crippen LogP contribution in [-0.4, -0.2) is 39.1 Å². The van der Waals surface area contributed by atoms with Gasteiger partial charge in [0.15, 0.2) is 0 Å². The average molecular weight is 325 g/mol. The lowest BCUT2D eigenvalue weighted by atomic mass is 10.1. The molecule has 0 unspecified atom stereocenters. The number of carbonyl (C=O) groups is 3. The van der Waals surface area contributed by atoms with Crippen molar-refractivity contribution >= 4 is 23.7 Å². The van der Waals surface area contributed by atoms with E-state index in [4.69, 9.17) is 0 Å². The van der Waals surface area contributed by atoms with E-state index in [2.05, 4.69) is 20.8 Å². The van der Waals surface area contributed by atoms with Crippen molar-refractivity contribution in [3.05, 3.63) is 52.8 Å². The van der Waals surface area contributed by atoms with Gasteiger partial charge in [0, 0.05) is 11.4 Å². The summed E-state index contributed by atoms with van der Waals surface area (Å²) in [6.45, 7) is 3.23.